The Morgan fingerprint density at radius 1 is 1.35 bits per heavy atom. The quantitative estimate of drug-likeness (QED) is 0.875. The van der Waals surface area contributed by atoms with Gasteiger partial charge in [0, 0.05) is 16.4 Å². The first-order valence-electron chi connectivity index (χ1n) is 6.99. The molecule has 0 aromatic heterocycles. The van der Waals surface area contributed by atoms with Gasteiger partial charge in [-0.25, -0.2) is 4.39 Å². The van der Waals surface area contributed by atoms with Crippen LogP contribution in [0.1, 0.15) is 45.7 Å². The molecule has 0 radical (unpaired) electrons. The van der Waals surface area contributed by atoms with Crippen molar-refractivity contribution in [1.82, 2.24) is 5.32 Å². The number of ether oxygens (including phenoxy) is 1. The fraction of sp³-hybridized carbons (Fsp3) is 0.625. The largest absolute Gasteiger partial charge is 0.369 e. The molecule has 2 rings (SSSR count). The summed E-state index contributed by atoms with van der Waals surface area (Å²) in [5.41, 5.74) is 0.731. The molecule has 1 aromatic carbocycles. The Morgan fingerprint density at radius 3 is 2.45 bits per heavy atom. The predicted octanol–water partition coefficient (Wildman–Crippen LogP) is 4.44. The first kappa shape index (κ1) is 15.9. The molecule has 20 heavy (non-hydrogen) atoms. The number of rotatable bonds is 3. The number of hydrogen-bond acceptors (Lipinski definition) is 2. The van der Waals surface area contributed by atoms with Gasteiger partial charge in [0.15, 0.2) is 0 Å². The van der Waals surface area contributed by atoms with Gasteiger partial charge in [0.1, 0.15) is 5.82 Å². The molecule has 1 N–H and O–H groups in total. The normalized spacial score (nSPS) is 25.6. The summed E-state index contributed by atoms with van der Waals surface area (Å²) >= 11 is 3.48. The lowest BCUT2D eigenvalue weighted by Crippen LogP contribution is -2.37. The van der Waals surface area contributed by atoms with Crippen LogP contribution < -0.4 is 5.32 Å². The van der Waals surface area contributed by atoms with Gasteiger partial charge >= 0.3 is 0 Å². The van der Waals surface area contributed by atoms with Crippen molar-refractivity contribution >= 4 is 15.9 Å². The van der Waals surface area contributed by atoms with Gasteiger partial charge in [-0.1, -0.05) is 22.0 Å². The summed E-state index contributed by atoms with van der Waals surface area (Å²) in [7, 11) is 1.95. The molecule has 0 amide bonds. The molecule has 0 spiro atoms. The van der Waals surface area contributed by atoms with E-state index in [1.807, 2.05) is 13.1 Å². The zero-order chi connectivity index (χ0) is 15.1. The number of halogens is 2. The van der Waals surface area contributed by atoms with E-state index in [0.717, 1.165) is 16.5 Å². The molecule has 1 heterocycles. The smallest absolute Gasteiger partial charge is 0.124 e. The summed E-state index contributed by atoms with van der Waals surface area (Å²) in [6.45, 7) is 8.52. The minimum absolute atomic E-state index is 0.127. The minimum atomic E-state index is -0.224. The van der Waals surface area contributed by atoms with E-state index in [2.05, 4.69) is 48.9 Å². The highest BCUT2D eigenvalue weighted by atomic mass is 79.9. The van der Waals surface area contributed by atoms with Crippen molar-refractivity contribution in [2.24, 2.45) is 5.92 Å². The second kappa shape index (κ2) is 5.39. The van der Waals surface area contributed by atoms with Crippen molar-refractivity contribution in [1.29, 1.82) is 0 Å². The topological polar surface area (TPSA) is 21.3 Å². The van der Waals surface area contributed by atoms with Crippen LogP contribution in [0.25, 0.3) is 0 Å². The molecule has 1 aliphatic heterocycles. The Hall–Kier alpha value is -0.450. The Labute approximate surface area is 129 Å². The molecule has 1 aliphatic rings. The van der Waals surface area contributed by atoms with Gasteiger partial charge in [0.2, 0.25) is 0 Å². The average molecular weight is 344 g/mol. The summed E-state index contributed by atoms with van der Waals surface area (Å²) in [6.07, 6.45) is 0.968. The Morgan fingerprint density at radius 2 is 2.00 bits per heavy atom. The van der Waals surface area contributed by atoms with E-state index >= 15 is 0 Å². The van der Waals surface area contributed by atoms with Gasteiger partial charge in [-0.05, 0) is 58.9 Å². The number of hydrogen-bond donors (Lipinski definition) is 1. The van der Waals surface area contributed by atoms with Crippen molar-refractivity contribution in [3.05, 3.63) is 34.1 Å². The standard InChI is InChI=1S/C16H23BrFNO/c1-15(2)9-12(16(3,4)20-15)14(19-5)11-7-6-10(18)8-13(11)17/h6-8,12,14,19H,9H2,1-5H3. The lowest BCUT2D eigenvalue weighted by molar-refractivity contribution is -0.0776. The molecule has 2 atom stereocenters. The minimum Gasteiger partial charge on any atom is -0.369 e. The first-order chi connectivity index (χ1) is 9.16. The lowest BCUT2D eigenvalue weighted by atomic mass is 9.79. The molecule has 4 heteroatoms. The van der Waals surface area contributed by atoms with Gasteiger partial charge < -0.3 is 10.1 Å². The van der Waals surface area contributed by atoms with E-state index in [1.54, 1.807) is 0 Å². The molecular formula is C16H23BrFNO. The Kier molecular flexibility index (Phi) is 4.30. The van der Waals surface area contributed by atoms with Crippen molar-refractivity contribution in [3.63, 3.8) is 0 Å². The number of nitrogens with one attached hydrogen (secondary N) is 1. The highest BCUT2D eigenvalue weighted by Crippen LogP contribution is 2.48. The molecule has 0 saturated carbocycles. The molecule has 1 saturated heterocycles. The highest BCUT2D eigenvalue weighted by Gasteiger charge is 2.49. The fourth-order valence-electron chi connectivity index (χ4n) is 3.45. The summed E-state index contributed by atoms with van der Waals surface area (Å²) in [5.74, 6) is 0.0991. The third-order valence-electron chi connectivity index (χ3n) is 4.15. The summed E-state index contributed by atoms with van der Waals surface area (Å²) in [6, 6.07) is 5.01. The van der Waals surface area contributed by atoms with Crippen molar-refractivity contribution < 1.29 is 9.13 Å². The van der Waals surface area contributed by atoms with E-state index in [4.69, 9.17) is 4.74 Å². The third-order valence-corrected chi connectivity index (χ3v) is 4.84. The van der Waals surface area contributed by atoms with Crippen LogP contribution >= 0.6 is 15.9 Å². The van der Waals surface area contributed by atoms with Crippen LogP contribution in [0.5, 0.6) is 0 Å². The zero-order valence-corrected chi connectivity index (χ0v) is 14.3. The second-order valence-electron chi connectivity index (χ2n) is 6.71. The maximum absolute atomic E-state index is 13.3. The summed E-state index contributed by atoms with van der Waals surface area (Å²) in [5, 5.41) is 3.38. The molecule has 112 valence electrons. The van der Waals surface area contributed by atoms with E-state index in [9.17, 15) is 4.39 Å². The second-order valence-corrected chi connectivity index (χ2v) is 7.56. The monoisotopic (exact) mass is 343 g/mol. The van der Waals surface area contributed by atoms with Crippen molar-refractivity contribution in [2.45, 2.75) is 51.4 Å². The average Bonchev–Trinajstić information content (AvgIpc) is 2.51. The van der Waals surface area contributed by atoms with Crippen LogP contribution in [-0.2, 0) is 4.74 Å². The van der Waals surface area contributed by atoms with Gasteiger partial charge in [0.25, 0.3) is 0 Å². The SMILES string of the molecule is CNC(c1ccc(F)cc1Br)C1CC(C)(C)OC1(C)C. The van der Waals surface area contributed by atoms with E-state index < -0.39 is 0 Å². The highest BCUT2D eigenvalue weighted by molar-refractivity contribution is 9.10. The zero-order valence-electron chi connectivity index (χ0n) is 12.8. The van der Waals surface area contributed by atoms with Crippen molar-refractivity contribution in [2.75, 3.05) is 7.05 Å². The molecule has 1 fully saturated rings. The van der Waals surface area contributed by atoms with Gasteiger partial charge in [-0.3, -0.25) is 0 Å². The van der Waals surface area contributed by atoms with E-state index in [0.29, 0.717) is 5.92 Å². The van der Waals surface area contributed by atoms with Crippen LogP contribution in [0.15, 0.2) is 22.7 Å². The van der Waals surface area contributed by atoms with Crippen LogP contribution in [0.4, 0.5) is 4.39 Å². The summed E-state index contributed by atoms with van der Waals surface area (Å²) in [4.78, 5) is 0. The van der Waals surface area contributed by atoms with Crippen molar-refractivity contribution in [3.8, 4) is 0 Å². The first-order valence-corrected chi connectivity index (χ1v) is 7.78. The van der Waals surface area contributed by atoms with Gasteiger partial charge in [-0.15, -0.1) is 0 Å². The Balaban J connectivity index is 2.37. The van der Waals surface area contributed by atoms with E-state index in [1.165, 1.54) is 12.1 Å². The molecular weight excluding hydrogens is 321 g/mol. The third kappa shape index (κ3) is 3.07. The fourth-order valence-corrected chi connectivity index (χ4v) is 4.05. The molecule has 1 aromatic rings. The predicted molar refractivity (Wildman–Crippen MR) is 83.3 cm³/mol. The van der Waals surface area contributed by atoms with Gasteiger partial charge in [0.05, 0.1) is 11.2 Å². The van der Waals surface area contributed by atoms with Gasteiger partial charge in [-0.2, -0.15) is 0 Å². The molecule has 0 aliphatic carbocycles. The maximum atomic E-state index is 13.3. The maximum Gasteiger partial charge on any atom is 0.124 e. The summed E-state index contributed by atoms with van der Waals surface area (Å²) < 4.78 is 20.3. The Bertz CT molecular complexity index is 501. The molecule has 0 bridgehead atoms. The lowest BCUT2D eigenvalue weighted by Gasteiger charge is -2.33. The molecule has 2 unspecified atom stereocenters. The van der Waals surface area contributed by atoms with Crippen LogP contribution in [0.2, 0.25) is 0 Å². The van der Waals surface area contributed by atoms with Crippen LogP contribution in [0.3, 0.4) is 0 Å². The number of benzene rings is 1. The van der Waals surface area contributed by atoms with Crippen LogP contribution in [-0.4, -0.2) is 18.2 Å². The van der Waals surface area contributed by atoms with E-state index in [-0.39, 0.29) is 23.1 Å². The van der Waals surface area contributed by atoms with Crippen LogP contribution in [0, 0.1) is 11.7 Å². The molecule has 2 nitrogen and oxygen atoms in total.